The number of nitriles is 1. The Hall–Kier alpha value is -2.61. The molecule has 0 aliphatic heterocycles. The van der Waals surface area contributed by atoms with Gasteiger partial charge in [-0.05, 0) is 12.1 Å². The SMILES string of the molecule is CNC(=O)CCN(C)c1nc2ccccc2cc1C#N. The zero-order chi connectivity index (χ0) is 14.5. The second-order valence-corrected chi connectivity index (χ2v) is 4.51. The maximum absolute atomic E-state index is 11.3. The maximum Gasteiger partial charge on any atom is 0.221 e. The summed E-state index contributed by atoms with van der Waals surface area (Å²) in [6.45, 7) is 0.514. The largest absolute Gasteiger partial charge is 0.359 e. The highest BCUT2D eigenvalue weighted by molar-refractivity contribution is 5.83. The zero-order valence-electron chi connectivity index (χ0n) is 11.6. The van der Waals surface area contributed by atoms with Crippen molar-refractivity contribution in [2.75, 3.05) is 25.5 Å². The van der Waals surface area contributed by atoms with E-state index in [4.69, 9.17) is 0 Å². The van der Waals surface area contributed by atoms with Crippen molar-refractivity contribution in [3.8, 4) is 6.07 Å². The van der Waals surface area contributed by atoms with Crippen LogP contribution >= 0.6 is 0 Å². The Balaban J connectivity index is 2.32. The molecule has 0 radical (unpaired) electrons. The third-order valence-electron chi connectivity index (χ3n) is 3.14. The number of aromatic nitrogens is 1. The summed E-state index contributed by atoms with van der Waals surface area (Å²) >= 11 is 0. The lowest BCUT2D eigenvalue weighted by Crippen LogP contribution is -2.27. The number of carbonyl (C=O) groups excluding carboxylic acids is 1. The van der Waals surface area contributed by atoms with Crippen LogP contribution in [0.15, 0.2) is 30.3 Å². The average molecular weight is 268 g/mol. The van der Waals surface area contributed by atoms with Gasteiger partial charge in [-0.2, -0.15) is 5.26 Å². The second-order valence-electron chi connectivity index (χ2n) is 4.51. The molecular formula is C15H16N4O. The van der Waals surface area contributed by atoms with Crippen LogP contribution in [-0.4, -0.2) is 31.5 Å². The second kappa shape index (κ2) is 6.02. The van der Waals surface area contributed by atoms with Crippen LogP contribution < -0.4 is 10.2 Å². The molecule has 20 heavy (non-hydrogen) atoms. The number of anilines is 1. The molecule has 1 amide bonds. The summed E-state index contributed by atoms with van der Waals surface area (Å²) in [5.41, 5.74) is 1.36. The predicted molar refractivity (Wildman–Crippen MR) is 78.4 cm³/mol. The molecule has 0 aliphatic rings. The van der Waals surface area contributed by atoms with E-state index < -0.39 is 0 Å². The quantitative estimate of drug-likeness (QED) is 0.916. The number of fused-ring (bicyclic) bond motifs is 1. The number of carbonyl (C=O) groups is 1. The van der Waals surface area contributed by atoms with E-state index in [0.717, 1.165) is 10.9 Å². The molecule has 0 aliphatic carbocycles. The van der Waals surface area contributed by atoms with Gasteiger partial charge in [-0.25, -0.2) is 4.98 Å². The zero-order valence-corrected chi connectivity index (χ0v) is 11.6. The number of para-hydroxylation sites is 1. The lowest BCUT2D eigenvalue weighted by Gasteiger charge is -2.19. The topological polar surface area (TPSA) is 69.0 Å². The lowest BCUT2D eigenvalue weighted by atomic mass is 10.1. The molecule has 2 rings (SSSR count). The normalized spacial score (nSPS) is 10.1. The van der Waals surface area contributed by atoms with E-state index in [1.165, 1.54) is 0 Å². The summed E-state index contributed by atoms with van der Waals surface area (Å²) in [5, 5.41) is 12.8. The molecule has 0 fully saturated rings. The van der Waals surface area contributed by atoms with Gasteiger partial charge in [-0.1, -0.05) is 18.2 Å². The highest BCUT2D eigenvalue weighted by Crippen LogP contribution is 2.22. The number of nitrogens with one attached hydrogen (secondary N) is 1. The predicted octanol–water partition coefficient (Wildman–Crippen LogP) is 1.68. The highest BCUT2D eigenvalue weighted by Gasteiger charge is 2.12. The Bertz CT molecular complexity index is 675. The van der Waals surface area contributed by atoms with E-state index >= 15 is 0 Å². The number of hydrogen-bond acceptors (Lipinski definition) is 4. The maximum atomic E-state index is 11.3. The van der Waals surface area contributed by atoms with E-state index in [0.29, 0.717) is 24.3 Å². The standard InChI is InChI=1S/C15H16N4O/c1-17-14(20)7-8-19(2)15-12(10-16)9-11-5-3-4-6-13(11)18-15/h3-6,9H,7-8H2,1-2H3,(H,17,20). The van der Waals surface area contributed by atoms with Crippen LogP contribution in [0, 0.1) is 11.3 Å². The van der Waals surface area contributed by atoms with Gasteiger partial charge >= 0.3 is 0 Å². The van der Waals surface area contributed by atoms with Crippen LogP contribution in [0.3, 0.4) is 0 Å². The molecule has 5 heteroatoms. The van der Waals surface area contributed by atoms with Crippen LogP contribution in [0.2, 0.25) is 0 Å². The van der Waals surface area contributed by atoms with Gasteiger partial charge in [0.15, 0.2) is 0 Å². The van der Waals surface area contributed by atoms with Crippen LogP contribution in [0.4, 0.5) is 5.82 Å². The van der Waals surface area contributed by atoms with Gasteiger partial charge in [0.2, 0.25) is 5.91 Å². The minimum absolute atomic E-state index is 0.0313. The van der Waals surface area contributed by atoms with Gasteiger partial charge in [-0.3, -0.25) is 4.79 Å². The third kappa shape index (κ3) is 2.86. The summed E-state index contributed by atoms with van der Waals surface area (Å²) in [7, 11) is 3.44. The molecule has 102 valence electrons. The van der Waals surface area contributed by atoms with Crippen LogP contribution in [0.5, 0.6) is 0 Å². The first-order valence-corrected chi connectivity index (χ1v) is 6.37. The van der Waals surface area contributed by atoms with E-state index in [2.05, 4.69) is 16.4 Å². The molecule has 0 unspecified atom stereocenters. The summed E-state index contributed by atoms with van der Waals surface area (Å²) in [6.07, 6.45) is 0.367. The molecule has 0 saturated carbocycles. The van der Waals surface area contributed by atoms with Gasteiger partial charge in [0.05, 0.1) is 11.1 Å². The molecule has 0 saturated heterocycles. The van der Waals surface area contributed by atoms with Crippen molar-refractivity contribution in [3.63, 3.8) is 0 Å². The van der Waals surface area contributed by atoms with Gasteiger partial charge in [-0.15, -0.1) is 0 Å². The van der Waals surface area contributed by atoms with Crippen molar-refractivity contribution in [1.29, 1.82) is 5.26 Å². The fraction of sp³-hybridized carbons (Fsp3) is 0.267. The molecule has 2 aromatic rings. The van der Waals surface area contributed by atoms with Crippen LogP contribution in [0.25, 0.3) is 10.9 Å². The van der Waals surface area contributed by atoms with Gasteiger partial charge in [0, 0.05) is 32.4 Å². The number of benzene rings is 1. The number of hydrogen-bond donors (Lipinski definition) is 1. The Morgan fingerprint density at radius 3 is 2.90 bits per heavy atom. The van der Waals surface area contributed by atoms with Crippen molar-refractivity contribution in [1.82, 2.24) is 10.3 Å². The highest BCUT2D eigenvalue weighted by atomic mass is 16.1. The van der Waals surface area contributed by atoms with Crippen molar-refractivity contribution < 1.29 is 4.79 Å². The summed E-state index contributed by atoms with van der Waals surface area (Å²) in [4.78, 5) is 17.6. The minimum atomic E-state index is -0.0313. The first-order valence-electron chi connectivity index (χ1n) is 6.37. The molecule has 5 nitrogen and oxygen atoms in total. The first kappa shape index (κ1) is 13.8. The summed E-state index contributed by atoms with van der Waals surface area (Å²) in [5.74, 6) is 0.575. The van der Waals surface area contributed by atoms with E-state index in [-0.39, 0.29) is 5.91 Å². The number of nitrogens with zero attached hydrogens (tertiary/aromatic N) is 3. The van der Waals surface area contributed by atoms with E-state index in [1.54, 1.807) is 7.05 Å². The summed E-state index contributed by atoms with van der Waals surface area (Å²) < 4.78 is 0. The van der Waals surface area contributed by atoms with E-state index in [9.17, 15) is 10.1 Å². The monoisotopic (exact) mass is 268 g/mol. The molecule has 0 bridgehead atoms. The molecule has 1 aromatic carbocycles. The van der Waals surface area contributed by atoms with Crippen LogP contribution in [0.1, 0.15) is 12.0 Å². The smallest absolute Gasteiger partial charge is 0.221 e. The van der Waals surface area contributed by atoms with Gasteiger partial charge in [0.1, 0.15) is 11.9 Å². The van der Waals surface area contributed by atoms with Crippen molar-refractivity contribution in [3.05, 3.63) is 35.9 Å². The Labute approximate surface area is 117 Å². The molecule has 1 N–H and O–H groups in total. The molecular weight excluding hydrogens is 252 g/mol. The fourth-order valence-corrected chi connectivity index (χ4v) is 1.98. The molecule has 0 atom stereocenters. The number of amides is 1. The number of pyridine rings is 1. The molecule has 1 heterocycles. The van der Waals surface area contributed by atoms with Gasteiger partial charge in [0.25, 0.3) is 0 Å². The Morgan fingerprint density at radius 1 is 1.45 bits per heavy atom. The first-order chi connectivity index (χ1) is 9.65. The average Bonchev–Trinajstić information content (AvgIpc) is 2.50. The molecule has 0 spiro atoms. The van der Waals surface area contributed by atoms with Crippen molar-refractivity contribution in [2.24, 2.45) is 0 Å². The van der Waals surface area contributed by atoms with Crippen LogP contribution in [-0.2, 0) is 4.79 Å². The lowest BCUT2D eigenvalue weighted by molar-refractivity contribution is -0.120. The van der Waals surface area contributed by atoms with Crippen molar-refractivity contribution in [2.45, 2.75) is 6.42 Å². The third-order valence-corrected chi connectivity index (χ3v) is 3.14. The Kier molecular flexibility index (Phi) is 4.16. The van der Waals surface area contributed by atoms with Gasteiger partial charge < -0.3 is 10.2 Å². The minimum Gasteiger partial charge on any atom is -0.359 e. The summed E-state index contributed by atoms with van der Waals surface area (Å²) in [6, 6.07) is 11.7. The van der Waals surface area contributed by atoms with E-state index in [1.807, 2.05) is 42.3 Å². The Morgan fingerprint density at radius 2 is 2.20 bits per heavy atom. The fourth-order valence-electron chi connectivity index (χ4n) is 1.98. The van der Waals surface area contributed by atoms with Crippen molar-refractivity contribution >= 4 is 22.6 Å². The molecule has 1 aromatic heterocycles. The number of rotatable bonds is 4.